The van der Waals surface area contributed by atoms with E-state index in [-0.39, 0.29) is 24.4 Å². The smallest absolute Gasteiger partial charge is 0.101 e. The van der Waals surface area contributed by atoms with Crippen molar-refractivity contribution in [1.29, 1.82) is 0 Å². The molecule has 0 radical (unpaired) electrons. The first-order chi connectivity index (χ1) is 9.72. The van der Waals surface area contributed by atoms with Gasteiger partial charge >= 0.3 is 0 Å². The van der Waals surface area contributed by atoms with Crippen molar-refractivity contribution in [2.45, 2.75) is 51.4 Å². The Morgan fingerprint density at radius 2 is 1.71 bits per heavy atom. The molecule has 0 aliphatic heterocycles. The largest absolute Gasteiger partial charge is 0.388 e. The Morgan fingerprint density at radius 1 is 1.10 bits per heavy atom. The number of aliphatic hydroxyl groups excluding tert-OH is 1. The molecule has 1 unspecified atom stereocenters. The normalized spacial score (nSPS) is 14.2. The van der Waals surface area contributed by atoms with Gasteiger partial charge in [0, 0.05) is 13.7 Å². The van der Waals surface area contributed by atoms with Crippen molar-refractivity contribution >= 4 is 0 Å². The molecular formula is C16H32O5. The Hall–Kier alpha value is -0.460. The lowest BCUT2D eigenvalue weighted by Crippen LogP contribution is -2.36. The maximum absolute atomic E-state index is 9.62. The Morgan fingerprint density at radius 3 is 2.29 bits per heavy atom. The highest BCUT2D eigenvalue weighted by molar-refractivity contribution is 4.73. The number of rotatable bonds is 13. The molecule has 1 N–H and O–H groups in total. The van der Waals surface area contributed by atoms with Crippen LogP contribution in [0.1, 0.15) is 34.1 Å². The fourth-order valence-corrected chi connectivity index (χ4v) is 1.37. The molecular weight excluding hydrogens is 272 g/mol. The molecule has 0 saturated heterocycles. The predicted octanol–water partition coefficient (Wildman–Crippen LogP) is 2.18. The number of ether oxygens (including phenoxy) is 4. The third-order valence-corrected chi connectivity index (χ3v) is 3.07. The van der Waals surface area contributed by atoms with Crippen molar-refractivity contribution in [3.8, 4) is 0 Å². The van der Waals surface area contributed by atoms with Gasteiger partial charge < -0.3 is 24.1 Å². The molecule has 0 bridgehead atoms. The van der Waals surface area contributed by atoms with E-state index in [1.165, 1.54) is 0 Å². The van der Waals surface area contributed by atoms with E-state index in [1.807, 2.05) is 27.7 Å². The van der Waals surface area contributed by atoms with E-state index in [1.54, 1.807) is 13.2 Å². The van der Waals surface area contributed by atoms with E-state index in [0.717, 1.165) is 6.42 Å². The van der Waals surface area contributed by atoms with Crippen LogP contribution < -0.4 is 0 Å². The lowest BCUT2D eigenvalue weighted by atomic mass is 10.0. The maximum atomic E-state index is 9.62. The molecule has 21 heavy (non-hydrogen) atoms. The van der Waals surface area contributed by atoms with Gasteiger partial charge in [-0.25, -0.2) is 0 Å². The van der Waals surface area contributed by atoms with E-state index < -0.39 is 6.10 Å². The van der Waals surface area contributed by atoms with Gasteiger partial charge in [-0.15, -0.1) is 6.58 Å². The van der Waals surface area contributed by atoms with Gasteiger partial charge in [0.05, 0.1) is 37.6 Å². The van der Waals surface area contributed by atoms with Crippen LogP contribution >= 0.6 is 0 Å². The summed E-state index contributed by atoms with van der Waals surface area (Å²) in [6.45, 7) is 13.6. The van der Waals surface area contributed by atoms with Crippen LogP contribution in [0.2, 0.25) is 0 Å². The third-order valence-electron chi connectivity index (χ3n) is 3.07. The van der Waals surface area contributed by atoms with E-state index in [4.69, 9.17) is 18.9 Å². The molecule has 0 aromatic rings. The summed E-state index contributed by atoms with van der Waals surface area (Å²) in [5.41, 5.74) is -0.586. The number of aliphatic hydroxyl groups is 1. The minimum Gasteiger partial charge on any atom is -0.388 e. The molecule has 0 aliphatic rings. The summed E-state index contributed by atoms with van der Waals surface area (Å²) in [5, 5.41) is 9.62. The first kappa shape index (κ1) is 20.5. The average Bonchev–Trinajstić information content (AvgIpc) is 2.42. The summed E-state index contributed by atoms with van der Waals surface area (Å²) in [6.07, 6.45) is 1.78. The zero-order valence-electron chi connectivity index (χ0n) is 14.2. The molecule has 0 amide bonds. The van der Waals surface area contributed by atoms with Gasteiger partial charge in [-0.1, -0.05) is 6.08 Å². The molecule has 0 aromatic carbocycles. The Kier molecular flexibility index (Phi) is 10.1. The minimum atomic E-state index is -0.610. The fourth-order valence-electron chi connectivity index (χ4n) is 1.37. The van der Waals surface area contributed by atoms with Crippen LogP contribution in [0.15, 0.2) is 12.7 Å². The Balaban J connectivity index is 3.76. The van der Waals surface area contributed by atoms with Crippen molar-refractivity contribution in [3.05, 3.63) is 12.7 Å². The van der Waals surface area contributed by atoms with Gasteiger partial charge in [0.2, 0.25) is 0 Å². The number of methoxy groups -OCH3 is 1. The van der Waals surface area contributed by atoms with Gasteiger partial charge in [0.25, 0.3) is 0 Å². The van der Waals surface area contributed by atoms with Gasteiger partial charge in [0.1, 0.15) is 6.10 Å². The van der Waals surface area contributed by atoms with Crippen molar-refractivity contribution in [1.82, 2.24) is 0 Å². The summed E-state index contributed by atoms with van der Waals surface area (Å²) < 4.78 is 21.8. The molecule has 0 aromatic heterocycles. The van der Waals surface area contributed by atoms with Crippen LogP contribution in [0, 0.1) is 0 Å². The van der Waals surface area contributed by atoms with Crippen molar-refractivity contribution in [2.24, 2.45) is 0 Å². The first-order valence-corrected chi connectivity index (χ1v) is 7.36. The maximum Gasteiger partial charge on any atom is 0.101 e. The zero-order valence-corrected chi connectivity index (χ0v) is 14.2. The lowest BCUT2D eigenvalue weighted by Gasteiger charge is -2.31. The molecule has 0 spiro atoms. The molecule has 0 aliphatic carbocycles. The second-order valence-electron chi connectivity index (χ2n) is 6.32. The summed E-state index contributed by atoms with van der Waals surface area (Å²) in [7, 11) is 1.68. The number of hydrogen-bond donors (Lipinski definition) is 1. The topological polar surface area (TPSA) is 57.2 Å². The quantitative estimate of drug-likeness (QED) is 0.417. The van der Waals surface area contributed by atoms with E-state index in [2.05, 4.69) is 6.58 Å². The van der Waals surface area contributed by atoms with E-state index >= 15 is 0 Å². The van der Waals surface area contributed by atoms with Crippen LogP contribution in [-0.2, 0) is 18.9 Å². The van der Waals surface area contributed by atoms with Gasteiger partial charge in [0.15, 0.2) is 0 Å². The standard InChI is InChI=1S/C16H32O5/c1-7-9-19-11-14(17)12-20-10-8-15(2,3)21-13-16(4,5)18-6/h7,14,17H,1,8-13H2,2-6H3. The van der Waals surface area contributed by atoms with Crippen LogP contribution in [0.25, 0.3) is 0 Å². The van der Waals surface area contributed by atoms with E-state index in [9.17, 15) is 5.11 Å². The highest BCUT2D eigenvalue weighted by Crippen LogP contribution is 2.18. The second kappa shape index (κ2) is 10.3. The summed E-state index contributed by atoms with van der Waals surface area (Å²) >= 11 is 0. The minimum absolute atomic E-state index is 0.258. The third kappa shape index (κ3) is 11.8. The first-order valence-electron chi connectivity index (χ1n) is 7.36. The second-order valence-corrected chi connectivity index (χ2v) is 6.32. The van der Waals surface area contributed by atoms with Crippen LogP contribution in [-0.4, -0.2) is 62.6 Å². The number of hydrogen-bond acceptors (Lipinski definition) is 5. The van der Waals surface area contributed by atoms with Gasteiger partial charge in [-0.05, 0) is 34.1 Å². The van der Waals surface area contributed by atoms with Gasteiger partial charge in [-0.2, -0.15) is 0 Å². The van der Waals surface area contributed by atoms with Gasteiger partial charge in [-0.3, -0.25) is 0 Å². The predicted molar refractivity (Wildman–Crippen MR) is 83.6 cm³/mol. The lowest BCUT2D eigenvalue weighted by molar-refractivity contribution is -0.116. The fraction of sp³-hybridized carbons (Fsp3) is 0.875. The van der Waals surface area contributed by atoms with E-state index in [0.29, 0.717) is 19.8 Å². The highest BCUT2D eigenvalue weighted by atomic mass is 16.5. The Bertz CT molecular complexity index is 276. The van der Waals surface area contributed by atoms with Crippen molar-refractivity contribution in [3.63, 3.8) is 0 Å². The SMILES string of the molecule is C=CCOCC(O)COCCC(C)(C)OCC(C)(C)OC. The zero-order chi connectivity index (χ0) is 16.4. The highest BCUT2D eigenvalue weighted by Gasteiger charge is 2.24. The molecule has 0 rings (SSSR count). The average molecular weight is 304 g/mol. The molecule has 0 heterocycles. The molecule has 0 fully saturated rings. The van der Waals surface area contributed by atoms with Crippen LogP contribution in [0.5, 0.6) is 0 Å². The van der Waals surface area contributed by atoms with Crippen molar-refractivity contribution in [2.75, 3.05) is 40.1 Å². The molecule has 5 heteroatoms. The monoisotopic (exact) mass is 304 g/mol. The van der Waals surface area contributed by atoms with Crippen molar-refractivity contribution < 1.29 is 24.1 Å². The summed E-state index contributed by atoms with van der Waals surface area (Å²) in [4.78, 5) is 0. The van der Waals surface area contributed by atoms with Crippen LogP contribution in [0.3, 0.4) is 0 Å². The van der Waals surface area contributed by atoms with Crippen LogP contribution in [0.4, 0.5) is 0 Å². The molecule has 1 atom stereocenters. The summed E-state index contributed by atoms with van der Waals surface area (Å²) in [5.74, 6) is 0. The molecule has 5 nitrogen and oxygen atoms in total. The molecule has 126 valence electrons. The molecule has 0 saturated carbocycles. The summed E-state index contributed by atoms with van der Waals surface area (Å²) in [6, 6.07) is 0. The Labute approximate surface area is 129 Å².